The number of aryl methyl sites for hydroxylation is 2. The molecule has 2 aromatic heterocycles. The highest BCUT2D eigenvalue weighted by molar-refractivity contribution is 8.00. The Morgan fingerprint density at radius 3 is 2.55 bits per heavy atom. The monoisotopic (exact) mass is 408 g/mol. The van der Waals surface area contributed by atoms with E-state index in [1.807, 2.05) is 54.7 Å². The second-order valence-electron chi connectivity index (χ2n) is 6.91. The Hall–Kier alpha value is -2.80. The molecule has 2 heterocycles. The summed E-state index contributed by atoms with van der Waals surface area (Å²) in [6.07, 6.45) is 1.87. The van der Waals surface area contributed by atoms with E-state index >= 15 is 0 Å². The summed E-state index contributed by atoms with van der Waals surface area (Å²) in [5.41, 5.74) is 3.16. The highest BCUT2D eigenvalue weighted by Crippen LogP contribution is 2.21. The van der Waals surface area contributed by atoms with Crippen LogP contribution >= 0.6 is 11.8 Å². The van der Waals surface area contributed by atoms with E-state index in [4.69, 9.17) is 0 Å². The molecule has 29 heavy (non-hydrogen) atoms. The molecule has 0 aliphatic rings. The molecule has 0 saturated carbocycles. The van der Waals surface area contributed by atoms with Crippen molar-refractivity contribution < 1.29 is 0 Å². The number of benzene rings is 1. The van der Waals surface area contributed by atoms with E-state index in [2.05, 4.69) is 63.0 Å². The molecule has 0 bridgehead atoms. The van der Waals surface area contributed by atoms with Gasteiger partial charge >= 0.3 is 0 Å². The Balaban J connectivity index is 1.48. The summed E-state index contributed by atoms with van der Waals surface area (Å²) < 4.78 is 1.86. The predicted molar refractivity (Wildman–Crippen MR) is 121 cm³/mol. The summed E-state index contributed by atoms with van der Waals surface area (Å²) in [7, 11) is 1.79. The molecule has 3 aromatic rings. The van der Waals surface area contributed by atoms with Gasteiger partial charge in [0.25, 0.3) is 0 Å². The van der Waals surface area contributed by atoms with Crippen LogP contribution in [0, 0.1) is 13.8 Å². The van der Waals surface area contributed by atoms with Crippen LogP contribution in [0.4, 0.5) is 0 Å². The molecular weight excluding hydrogens is 380 g/mol. The molecular formula is C22H28N6S. The first kappa shape index (κ1) is 20.9. The van der Waals surface area contributed by atoms with E-state index in [0.717, 1.165) is 35.3 Å². The Labute approximate surface area is 176 Å². The maximum atomic E-state index is 4.54. The van der Waals surface area contributed by atoms with Crippen molar-refractivity contribution in [3.05, 3.63) is 71.7 Å². The van der Waals surface area contributed by atoms with Gasteiger partial charge in [0.05, 0.1) is 5.69 Å². The fraction of sp³-hybridized carbons (Fsp3) is 0.318. The largest absolute Gasteiger partial charge is 0.355 e. The lowest BCUT2D eigenvalue weighted by molar-refractivity contribution is 0.781. The lowest BCUT2D eigenvalue weighted by Crippen LogP contribution is -2.39. The third kappa shape index (κ3) is 6.09. The SMILES string of the molecule is CN=C(NCc1ccc(-n2nc(C)cc2C)nc1)NCC(C)Sc1ccccc1. The third-order valence-electron chi connectivity index (χ3n) is 4.36. The van der Waals surface area contributed by atoms with Crippen molar-refractivity contribution in [2.75, 3.05) is 13.6 Å². The lowest BCUT2D eigenvalue weighted by atomic mass is 10.3. The summed E-state index contributed by atoms with van der Waals surface area (Å²) in [6, 6.07) is 16.5. The molecule has 1 atom stereocenters. The summed E-state index contributed by atoms with van der Waals surface area (Å²) in [5.74, 6) is 1.61. The van der Waals surface area contributed by atoms with E-state index in [0.29, 0.717) is 11.8 Å². The van der Waals surface area contributed by atoms with Crippen LogP contribution in [-0.2, 0) is 6.54 Å². The minimum atomic E-state index is 0.428. The molecule has 1 unspecified atom stereocenters. The number of nitrogens with one attached hydrogen (secondary N) is 2. The van der Waals surface area contributed by atoms with Gasteiger partial charge in [0.1, 0.15) is 0 Å². The van der Waals surface area contributed by atoms with E-state index in [1.54, 1.807) is 7.05 Å². The molecule has 0 saturated heterocycles. The van der Waals surface area contributed by atoms with Crippen LogP contribution in [0.25, 0.3) is 5.82 Å². The zero-order chi connectivity index (χ0) is 20.6. The maximum absolute atomic E-state index is 4.54. The van der Waals surface area contributed by atoms with E-state index in [1.165, 1.54) is 4.90 Å². The molecule has 0 fully saturated rings. The fourth-order valence-electron chi connectivity index (χ4n) is 2.93. The van der Waals surface area contributed by atoms with E-state index < -0.39 is 0 Å². The quantitative estimate of drug-likeness (QED) is 0.354. The smallest absolute Gasteiger partial charge is 0.191 e. The van der Waals surface area contributed by atoms with Gasteiger partial charge in [-0.2, -0.15) is 5.10 Å². The van der Waals surface area contributed by atoms with Crippen LogP contribution in [0.15, 0.2) is 64.6 Å². The zero-order valence-corrected chi connectivity index (χ0v) is 18.2. The van der Waals surface area contributed by atoms with Gasteiger partial charge in [-0.05, 0) is 43.7 Å². The molecule has 0 amide bonds. The molecule has 152 valence electrons. The minimum absolute atomic E-state index is 0.428. The first-order valence-electron chi connectivity index (χ1n) is 9.70. The molecule has 7 heteroatoms. The van der Waals surface area contributed by atoms with Gasteiger partial charge in [-0.25, -0.2) is 9.67 Å². The van der Waals surface area contributed by atoms with Crippen LogP contribution in [-0.4, -0.2) is 39.6 Å². The van der Waals surface area contributed by atoms with Crippen LogP contribution in [0.2, 0.25) is 0 Å². The van der Waals surface area contributed by atoms with E-state index in [9.17, 15) is 0 Å². The summed E-state index contributed by atoms with van der Waals surface area (Å²) in [6.45, 7) is 7.71. The zero-order valence-electron chi connectivity index (χ0n) is 17.4. The Morgan fingerprint density at radius 1 is 1.14 bits per heavy atom. The van der Waals surface area contributed by atoms with Crippen molar-refractivity contribution in [1.29, 1.82) is 0 Å². The molecule has 2 N–H and O–H groups in total. The van der Waals surface area contributed by atoms with Gasteiger partial charge in [-0.3, -0.25) is 4.99 Å². The number of nitrogens with zero attached hydrogens (tertiary/aromatic N) is 4. The number of thioether (sulfide) groups is 1. The average Bonchev–Trinajstić information content (AvgIpc) is 3.07. The highest BCUT2D eigenvalue weighted by Gasteiger charge is 2.07. The van der Waals surface area contributed by atoms with Crippen molar-refractivity contribution in [3.8, 4) is 5.82 Å². The Bertz CT molecular complexity index is 934. The molecule has 3 rings (SSSR count). The first-order valence-corrected chi connectivity index (χ1v) is 10.6. The van der Waals surface area contributed by atoms with Crippen LogP contribution < -0.4 is 10.6 Å². The Kier molecular flexibility index (Phi) is 7.30. The minimum Gasteiger partial charge on any atom is -0.355 e. The van der Waals surface area contributed by atoms with Gasteiger partial charge in [-0.1, -0.05) is 31.2 Å². The molecule has 0 aliphatic carbocycles. The second-order valence-corrected chi connectivity index (χ2v) is 8.42. The number of pyridine rings is 1. The maximum Gasteiger partial charge on any atom is 0.191 e. The van der Waals surface area contributed by atoms with Crippen LogP contribution in [0.5, 0.6) is 0 Å². The normalized spacial score (nSPS) is 12.6. The summed E-state index contributed by atoms with van der Waals surface area (Å²) in [5, 5.41) is 11.6. The predicted octanol–water partition coefficient (Wildman–Crippen LogP) is 3.73. The molecule has 0 spiro atoms. The molecule has 1 aromatic carbocycles. The van der Waals surface area contributed by atoms with Crippen LogP contribution in [0.3, 0.4) is 0 Å². The number of hydrogen-bond donors (Lipinski definition) is 2. The highest BCUT2D eigenvalue weighted by atomic mass is 32.2. The molecule has 0 aliphatic heterocycles. The van der Waals surface area contributed by atoms with Gasteiger partial charge < -0.3 is 10.6 Å². The number of hydrogen-bond acceptors (Lipinski definition) is 4. The number of rotatable bonds is 7. The van der Waals surface area contributed by atoms with Crippen LogP contribution in [0.1, 0.15) is 23.9 Å². The number of guanidine groups is 1. The van der Waals surface area contributed by atoms with Crippen molar-refractivity contribution in [2.45, 2.75) is 37.5 Å². The first-order chi connectivity index (χ1) is 14.0. The third-order valence-corrected chi connectivity index (χ3v) is 5.47. The van der Waals surface area contributed by atoms with Crippen molar-refractivity contribution in [2.24, 2.45) is 4.99 Å². The van der Waals surface area contributed by atoms with Gasteiger partial charge in [0, 0.05) is 42.2 Å². The average molecular weight is 409 g/mol. The topological polar surface area (TPSA) is 67.1 Å². The Morgan fingerprint density at radius 2 is 1.93 bits per heavy atom. The van der Waals surface area contributed by atoms with Crippen molar-refractivity contribution >= 4 is 17.7 Å². The van der Waals surface area contributed by atoms with Gasteiger partial charge in [-0.15, -0.1) is 11.8 Å². The molecule has 6 nitrogen and oxygen atoms in total. The summed E-state index contributed by atoms with van der Waals surface area (Å²) in [4.78, 5) is 10.1. The van der Waals surface area contributed by atoms with Gasteiger partial charge in [0.15, 0.2) is 11.8 Å². The second kappa shape index (κ2) is 10.1. The lowest BCUT2D eigenvalue weighted by Gasteiger charge is -2.16. The van der Waals surface area contributed by atoms with E-state index in [-0.39, 0.29) is 0 Å². The number of aromatic nitrogens is 3. The van der Waals surface area contributed by atoms with Gasteiger partial charge in [0.2, 0.25) is 0 Å². The van der Waals surface area contributed by atoms with Crippen molar-refractivity contribution in [3.63, 3.8) is 0 Å². The van der Waals surface area contributed by atoms with Crippen molar-refractivity contribution in [1.82, 2.24) is 25.4 Å². The number of aliphatic imine (C=N–C) groups is 1. The standard InChI is InChI=1S/C22H28N6S/c1-16-12-17(2)28(27-16)21-11-10-19(14-24-21)15-26-22(23-4)25-13-18(3)29-20-8-6-5-7-9-20/h5-12,14,18H,13,15H2,1-4H3,(H2,23,25,26). The fourth-order valence-corrected chi connectivity index (χ4v) is 3.87. The summed E-state index contributed by atoms with van der Waals surface area (Å²) >= 11 is 1.85. The molecule has 0 radical (unpaired) electrons.